The third-order valence-electron chi connectivity index (χ3n) is 10.9. The van der Waals surface area contributed by atoms with Gasteiger partial charge in [0.25, 0.3) is 0 Å². The predicted molar refractivity (Wildman–Crippen MR) is 116 cm³/mol. The number of ether oxygens (including phenoxy) is 4. The summed E-state index contributed by atoms with van der Waals surface area (Å²) in [7, 11) is 0. The second-order valence-electron chi connectivity index (χ2n) is 12.0. The van der Waals surface area contributed by atoms with Crippen molar-refractivity contribution in [1.29, 1.82) is 0 Å². The summed E-state index contributed by atoms with van der Waals surface area (Å²) in [6.45, 7) is 9.23. The molecular formula is C25H39NO6. The first-order valence-electron chi connectivity index (χ1n) is 12.7. The van der Waals surface area contributed by atoms with Crippen LogP contribution < -0.4 is 0 Å². The van der Waals surface area contributed by atoms with Gasteiger partial charge in [-0.05, 0) is 68.1 Å². The first kappa shape index (κ1) is 21.8. The van der Waals surface area contributed by atoms with E-state index in [2.05, 4.69) is 25.9 Å². The van der Waals surface area contributed by atoms with Gasteiger partial charge in [0.2, 0.25) is 0 Å². The van der Waals surface area contributed by atoms with Gasteiger partial charge in [0.05, 0.1) is 38.2 Å². The number of hydrogen-bond donors (Lipinski definition) is 2. The van der Waals surface area contributed by atoms with Gasteiger partial charge in [-0.15, -0.1) is 0 Å². The van der Waals surface area contributed by atoms with Crippen LogP contribution in [0.1, 0.15) is 65.7 Å². The monoisotopic (exact) mass is 449 g/mol. The van der Waals surface area contributed by atoms with E-state index in [-0.39, 0.29) is 22.7 Å². The molecule has 6 aliphatic rings. The van der Waals surface area contributed by atoms with E-state index in [1.165, 1.54) is 0 Å². The standard InChI is InChI=1S/C25H39NO6/c1-22-13-18(27)21-16(17(22)6-7-19(22)24(3)29-8-9-30-24)5-4-15-12-25(31-10-11-32-25)14-20(26-28)23(15,21)2/h15-19,21,27-28H,4-14H2,1-3H3/b26-20+/t15-,16+,17+,18-,19+,21+,22+,23-/m1/s1. The quantitative estimate of drug-likeness (QED) is 0.470. The lowest BCUT2D eigenvalue weighted by molar-refractivity contribution is -0.233. The highest BCUT2D eigenvalue weighted by atomic mass is 16.7. The highest BCUT2D eigenvalue weighted by molar-refractivity contribution is 5.92. The smallest absolute Gasteiger partial charge is 0.174 e. The first-order valence-corrected chi connectivity index (χ1v) is 12.7. The van der Waals surface area contributed by atoms with Crippen LogP contribution in [-0.2, 0) is 18.9 Å². The highest BCUT2D eigenvalue weighted by Crippen LogP contribution is 2.69. The van der Waals surface area contributed by atoms with Gasteiger partial charge in [-0.3, -0.25) is 0 Å². The molecular weight excluding hydrogens is 410 g/mol. The van der Waals surface area contributed by atoms with E-state index >= 15 is 0 Å². The van der Waals surface area contributed by atoms with Crippen molar-refractivity contribution in [3.8, 4) is 0 Å². The number of nitrogens with zero attached hydrogens (tertiary/aromatic N) is 1. The van der Waals surface area contributed by atoms with Gasteiger partial charge in [0.1, 0.15) is 0 Å². The summed E-state index contributed by atoms with van der Waals surface area (Å²) in [5, 5.41) is 25.7. The molecule has 4 saturated carbocycles. The third-order valence-corrected chi connectivity index (χ3v) is 10.9. The number of hydrogen-bond acceptors (Lipinski definition) is 7. The van der Waals surface area contributed by atoms with Crippen molar-refractivity contribution in [1.82, 2.24) is 0 Å². The molecule has 0 aromatic carbocycles. The molecule has 6 rings (SSSR count). The fourth-order valence-electron chi connectivity index (χ4n) is 9.65. The van der Waals surface area contributed by atoms with Gasteiger partial charge in [-0.25, -0.2) is 0 Å². The van der Waals surface area contributed by atoms with Crippen molar-refractivity contribution >= 4 is 5.71 Å². The fourth-order valence-corrected chi connectivity index (χ4v) is 9.65. The molecule has 0 aromatic heterocycles. The van der Waals surface area contributed by atoms with Crippen LogP contribution in [0, 0.1) is 40.4 Å². The van der Waals surface area contributed by atoms with Crippen LogP contribution in [0.2, 0.25) is 0 Å². The largest absolute Gasteiger partial charge is 0.411 e. The molecule has 2 saturated heterocycles. The summed E-state index contributed by atoms with van der Waals surface area (Å²) in [5.41, 5.74) is 0.422. The number of fused-ring (bicyclic) bond motifs is 5. The first-order chi connectivity index (χ1) is 15.3. The van der Waals surface area contributed by atoms with Crippen molar-refractivity contribution in [3.63, 3.8) is 0 Å². The summed E-state index contributed by atoms with van der Waals surface area (Å²) in [4.78, 5) is 0. The lowest BCUT2D eigenvalue weighted by Crippen LogP contribution is -2.64. The van der Waals surface area contributed by atoms with Crippen LogP contribution in [0.3, 0.4) is 0 Å². The number of aliphatic hydroxyl groups is 1. The molecule has 8 atom stereocenters. The molecule has 0 radical (unpaired) electrons. The summed E-state index contributed by atoms with van der Waals surface area (Å²) < 4.78 is 24.3. The van der Waals surface area contributed by atoms with Crippen molar-refractivity contribution in [2.45, 2.75) is 83.4 Å². The molecule has 4 aliphatic carbocycles. The van der Waals surface area contributed by atoms with E-state index in [1.54, 1.807) is 0 Å². The van der Waals surface area contributed by atoms with E-state index in [1.807, 2.05) is 0 Å². The molecule has 0 unspecified atom stereocenters. The van der Waals surface area contributed by atoms with Crippen LogP contribution in [0.5, 0.6) is 0 Å². The molecule has 0 bridgehead atoms. The van der Waals surface area contributed by atoms with E-state index in [4.69, 9.17) is 18.9 Å². The van der Waals surface area contributed by atoms with Gasteiger partial charge in [-0.1, -0.05) is 19.0 Å². The number of rotatable bonds is 1. The molecule has 2 heterocycles. The Bertz CT molecular complexity index is 789. The van der Waals surface area contributed by atoms with Crippen molar-refractivity contribution in [3.05, 3.63) is 0 Å². The minimum Gasteiger partial charge on any atom is -0.411 e. The Kier molecular flexibility index (Phi) is 4.86. The second kappa shape index (κ2) is 7.14. The molecule has 32 heavy (non-hydrogen) atoms. The molecule has 0 amide bonds. The average Bonchev–Trinajstić information content (AvgIpc) is 3.47. The van der Waals surface area contributed by atoms with E-state index < -0.39 is 17.7 Å². The molecule has 7 heteroatoms. The normalized spacial score (nSPS) is 52.7. The summed E-state index contributed by atoms with van der Waals surface area (Å²) in [6, 6.07) is 0. The SMILES string of the molecule is CC1([C@H]2CC[C@H]3[C@@H]4CC[C@@H]5CC6(C/C(=N\O)[C@]5(C)[C@@H]4[C@H](O)C[C@]23C)OCCO6)OCCO1. The maximum absolute atomic E-state index is 11.8. The zero-order valence-electron chi connectivity index (χ0n) is 19.7. The molecule has 6 fully saturated rings. The van der Waals surface area contributed by atoms with Crippen LogP contribution in [-0.4, -0.2) is 60.1 Å². The summed E-state index contributed by atoms with van der Waals surface area (Å²) in [5.74, 6) is 0.441. The lowest BCUT2D eigenvalue weighted by Gasteiger charge is -2.63. The van der Waals surface area contributed by atoms with Gasteiger partial charge in [-0.2, -0.15) is 0 Å². The van der Waals surface area contributed by atoms with Crippen molar-refractivity contribution < 1.29 is 29.3 Å². The lowest BCUT2D eigenvalue weighted by atomic mass is 9.43. The number of oxime groups is 1. The Morgan fingerprint density at radius 2 is 1.56 bits per heavy atom. The maximum Gasteiger partial charge on any atom is 0.174 e. The Morgan fingerprint density at radius 3 is 2.25 bits per heavy atom. The number of aliphatic hydroxyl groups excluding tert-OH is 1. The van der Waals surface area contributed by atoms with Gasteiger partial charge in [0.15, 0.2) is 11.6 Å². The minimum atomic E-state index is -0.642. The molecule has 1 spiro atoms. The maximum atomic E-state index is 11.8. The topological polar surface area (TPSA) is 89.7 Å². The van der Waals surface area contributed by atoms with Gasteiger partial charge < -0.3 is 29.3 Å². The molecule has 7 nitrogen and oxygen atoms in total. The van der Waals surface area contributed by atoms with E-state index in [9.17, 15) is 10.3 Å². The highest BCUT2D eigenvalue weighted by Gasteiger charge is 2.68. The molecule has 2 aliphatic heterocycles. The van der Waals surface area contributed by atoms with E-state index in [0.29, 0.717) is 50.6 Å². The van der Waals surface area contributed by atoms with Crippen molar-refractivity contribution in [2.24, 2.45) is 45.6 Å². The minimum absolute atomic E-state index is 0.00699. The molecule has 2 N–H and O–H groups in total. The third kappa shape index (κ3) is 2.75. The zero-order chi connectivity index (χ0) is 22.4. The van der Waals surface area contributed by atoms with Crippen LogP contribution in [0.4, 0.5) is 0 Å². The Morgan fingerprint density at radius 1 is 0.875 bits per heavy atom. The Balaban J connectivity index is 1.34. The molecule has 180 valence electrons. The van der Waals surface area contributed by atoms with Crippen LogP contribution >= 0.6 is 0 Å². The van der Waals surface area contributed by atoms with E-state index in [0.717, 1.165) is 44.2 Å². The van der Waals surface area contributed by atoms with Crippen LogP contribution in [0.25, 0.3) is 0 Å². The Hall–Kier alpha value is -0.730. The second-order valence-corrected chi connectivity index (χ2v) is 12.0. The predicted octanol–water partition coefficient (Wildman–Crippen LogP) is 3.56. The zero-order valence-corrected chi connectivity index (χ0v) is 19.7. The summed E-state index contributed by atoms with van der Waals surface area (Å²) in [6.07, 6.45) is 6.03. The average molecular weight is 450 g/mol. The fraction of sp³-hybridized carbons (Fsp3) is 0.960. The Labute approximate surface area is 190 Å². The van der Waals surface area contributed by atoms with Gasteiger partial charge >= 0.3 is 0 Å². The molecule has 0 aromatic rings. The van der Waals surface area contributed by atoms with Crippen molar-refractivity contribution in [2.75, 3.05) is 26.4 Å². The summed E-state index contributed by atoms with van der Waals surface area (Å²) >= 11 is 0. The van der Waals surface area contributed by atoms with Gasteiger partial charge in [0, 0.05) is 24.2 Å². The van der Waals surface area contributed by atoms with Crippen LogP contribution in [0.15, 0.2) is 5.16 Å².